The van der Waals surface area contributed by atoms with Crippen molar-refractivity contribution in [3.05, 3.63) is 23.8 Å². The number of benzene rings is 1. The summed E-state index contributed by atoms with van der Waals surface area (Å²) in [6, 6.07) is 5.81. The molecule has 1 unspecified atom stereocenters. The van der Waals surface area contributed by atoms with Gasteiger partial charge in [-0.1, -0.05) is 26.8 Å². The fourth-order valence-corrected chi connectivity index (χ4v) is 2.28. The van der Waals surface area contributed by atoms with Gasteiger partial charge in [-0.25, -0.2) is 0 Å². The fourth-order valence-electron chi connectivity index (χ4n) is 2.28. The first kappa shape index (κ1) is 15.8. The number of rotatable bonds is 3. The highest BCUT2D eigenvalue weighted by molar-refractivity contribution is 5.99. The molecule has 5 heteroatoms. The van der Waals surface area contributed by atoms with Crippen LogP contribution in [0.15, 0.2) is 18.2 Å². The van der Waals surface area contributed by atoms with Gasteiger partial charge in [-0.3, -0.25) is 4.79 Å². The molecule has 0 aliphatic carbocycles. The molecule has 1 aromatic rings. The van der Waals surface area contributed by atoms with Crippen LogP contribution < -0.4 is 15.8 Å². The number of carbonyl (C=O) groups is 1. The van der Waals surface area contributed by atoms with Gasteiger partial charge in [-0.2, -0.15) is 0 Å². The lowest BCUT2D eigenvalue weighted by atomic mass is 9.86. The maximum atomic E-state index is 12.4. The van der Waals surface area contributed by atoms with E-state index >= 15 is 0 Å². The van der Waals surface area contributed by atoms with E-state index in [0.717, 1.165) is 5.56 Å². The second kappa shape index (κ2) is 5.66. The standard InChI is InChI=1S/C16H24N2O3/c1-15(2,3)11-5-6-13(20-4)12(9-11)18-14(19)16(17)7-8-21-10-16/h5-6,9H,7-8,10,17H2,1-4H3,(H,18,19). The highest BCUT2D eigenvalue weighted by Crippen LogP contribution is 2.32. The van der Waals surface area contributed by atoms with Crippen LogP contribution in [0, 0.1) is 0 Å². The van der Waals surface area contributed by atoms with Crippen LogP contribution in [0.25, 0.3) is 0 Å². The molecule has 1 amide bonds. The molecule has 1 aliphatic rings. The van der Waals surface area contributed by atoms with Gasteiger partial charge >= 0.3 is 0 Å². The summed E-state index contributed by atoms with van der Waals surface area (Å²) in [6.07, 6.45) is 0.528. The van der Waals surface area contributed by atoms with Gasteiger partial charge in [0.25, 0.3) is 0 Å². The third kappa shape index (κ3) is 3.36. The number of methoxy groups -OCH3 is 1. The summed E-state index contributed by atoms with van der Waals surface area (Å²) in [4.78, 5) is 12.4. The lowest BCUT2D eigenvalue weighted by Gasteiger charge is -2.24. The Morgan fingerprint density at radius 2 is 2.14 bits per heavy atom. The van der Waals surface area contributed by atoms with E-state index in [4.69, 9.17) is 15.2 Å². The van der Waals surface area contributed by atoms with Crippen LogP contribution in [0.3, 0.4) is 0 Å². The molecule has 21 heavy (non-hydrogen) atoms. The average Bonchev–Trinajstić information content (AvgIpc) is 2.86. The maximum absolute atomic E-state index is 12.4. The first-order valence-electron chi connectivity index (χ1n) is 7.13. The van der Waals surface area contributed by atoms with Crippen molar-refractivity contribution < 1.29 is 14.3 Å². The number of hydrogen-bond acceptors (Lipinski definition) is 4. The van der Waals surface area contributed by atoms with Crippen LogP contribution >= 0.6 is 0 Å². The number of hydrogen-bond donors (Lipinski definition) is 2. The van der Waals surface area contributed by atoms with E-state index in [2.05, 4.69) is 26.1 Å². The minimum atomic E-state index is -0.956. The molecule has 1 aromatic carbocycles. The van der Waals surface area contributed by atoms with Crippen molar-refractivity contribution in [2.75, 3.05) is 25.6 Å². The van der Waals surface area contributed by atoms with Crippen molar-refractivity contribution >= 4 is 11.6 Å². The molecule has 116 valence electrons. The number of amides is 1. The largest absolute Gasteiger partial charge is 0.495 e. The van der Waals surface area contributed by atoms with Crippen molar-refractivity contribution in [3.63, 3.8) is 0 Å². The molecule has 3 N–H and O–H groups in total. The van der Waals surface area contributed by atoms with Crippen LogP contribution in [-0.2, 0) is 14.9 Å². The van der Waals surface area contributed by atoms with E-state index < -0.39 is 5.54 Å². The monoisotopic (exact) mass is 292 g/mol. The third-order valence-electron chi connectivity index (χ3n) is 3.82. The van der Waals surface area contributed by atoms with E-state index in [9.17, 15) is 4.79 Å². The molecule has 0 spiro atoms. The first-order valence-corrected chi connectivity index (χ1v) is 7.13. The van der Waals surface area contributed by atoms with Gasteiger partial charge in [0.1, 0.15) is 11.3 Å². The Morgan fingerprint density at radius 3 is 2.67 bits per heavy atom. The zero-order valence-electron chi connectivity index (χ0n) is 13.2. The van der Waals surface area contributed by atoms with Crippen molar-refractivity contribution in [1.82, 2.24) is 0 Å². The minimum absolute atomic E-state index is 0.0113. The zero-order valence-corrected chi connectivity index (χ0v) is 13.2. The summed E-state index contributed by atoms with van der Waals surface area (Å²) in [6.45, 7) is 7.13. The minimum Gasteiger partial charge on any atom is -0.495 e. The van der Waals surface area contributed by atoms with Crippen molar-refractivity contribution in [1.29, 1.82) is 0 Å². The highest BCUT2D eigenvalue weighted by Gasteiger charge is 2.38. The molecular weight excluding hydrogens is 268 g/mol. The normalized spacial score (nSPS) is 22.1. The number of ether oxygens (including phenoxy) is 2. The van der Waals surface area contributed by atoms with Crippen LogP contribution in [-0.4, -0.2) is 31.8 Å². The number of nitrogens with two attached hydrogens (primary N) is 1. The predicted octanol–water partition coefficient (Wildman–Crippen LogP) is 2.05. The Hall–Kier alpha value is -1.59. The molecule has 5 nitrogen and oxygen atoms in total. The Kier molecular flexibility index (Phi) is 4.25. The summed E-state index contributed by atoms with van der Waals surface area (Å²) in [5.74, 6) is 0.392. The smallest absolute Gasteiger partial charge is 0.247 e. The quantitative estimate of drug-likeness (QED) is 0.894. The van der Waals surface area contributed by atoms with E-state index in [1.54, 1.807) is 7.11 Å². The van der Waals surface area contributed by atoms with Gasteiger partial charge in [0.2, 0.25) is 5.91 Å². The molecule has 2 rings (SSSR count). The third-order valence-corrected chi connectivity index (χ3v) is 3.82. The van der Waals surface area contributed by atoms with Crippen LogP contribution in [0.2, 0.25) is 0 Å². The molecule has 0 saturated carbocycles. The van der Waals surface area contributed by atoms with Crippen molar-refractivity contribution in [2.24, 2.45) is 5.73 Å². The SMILES string of the molecule is COc1ccc(C(C)(C)C)cc1NC(=O)C1(N)CCOC1. The van der Waals surface area contributed by atoms with Gasteiger partial charge in [0.05, 0.1) is 19.4 Å². The molecule has 0 bridgehead atoms. The van der Waals surface area contributed by atoms with Gasteiger partial charge in [-0.05, 0) is 29.5 Å². The summed E-state index contributed by atoms with van der Waals surface area (Å²) in [5, 5.41) is 2.89. The molecule has 1 atom stereocenters. The second-order valence-electron chi connectivity index (χ2n) is 6.58. The van der Waals surface area contributed by atoms with Gasteiger partial charge in [-0.15, -0.1) is 0 Å². The van der Waals surface area contributed by atoms with E-state index in [-0.39, 0.29) is 17.9 Å². The predicted molar refractivity (Wildman–Crippen MR) is 82.7 cm³/mol. The molecule has 1 fully saturated rings. The van der Waals surface area contributed by atoms with Crippen molar-refractivity contribution in [3.8, 4) is 5.75 Å². The fraction of sp³-hybridized carbons (Fsp3) is 0.562. The molecule has 1 saturated heterocycles. The zero-order chi connectivity index (χ0) is 15.7. The first-order chi connectivity index (χ1) is 9.76. The lowest BCUT2D eigenvalue weighted by molar-refractivity contribution is -0.121. The van der Waals surface area contributed by atoms with E-state index in [1.807, 2.05) is 18.2 Å². The number of carbonyl (C=O) groups excluding carboxylic acids is 1. The molecule has 1 heterocycles. The number of anilines is 1. The molecular formula is C16H24N2O3. The summed E-state index contributed by atoms with van der Waals surface area (Å²) in [5.41, 5.74) is 6.88. The van der Waals surface area contributed by atoms with Gasteiger partial charge in [0, 0.05) is 6.61 Å². The average molecular weight is 292 g/mol. The van der Waals surface area contributed by atoms with Gasteiger partial charge < -0.3 is 20.5 Å². The molecule has 0 aromatic heterocycles. The van der Waals surface area contributed by atoms with Crippen LogP contribution in [0.1, 0.15) is 32.8 Å². The van der Waals surface area contributed by atoms with Crippen molar-refractivity contribution in [2.45, 2.75) is 38.1 Å². The van der Waals surface area contributed by atoms with Crippen LogP contribution in [0.5, 0.6) is 5.75 Å². The second-order valence-corrected chi connectivity index (χ2v) is 6.58. The Morgan fingerprint density at radius 1 is 1.43 bits per heavy atom. The van der Waals surface area contributed by atoms with Gasteiger partial charge in [0.15, 0.2) is 0 Å². The summed E-state index contributed by atoms with van der Waals surface area (Å²) in [7, 11) is 1.58. The lowest BCUT2D eigenvalue weighted by Crippen LogP contribution is -2.51. The van der Waals surface area contributed by atoms with E-state index in [0.29, 0.717) is 24.5 Å². The summed E-state index contributed by atoms with van der Waals surface area (Å²) < 4.78 is 10.6. The Labute approximate surface area is 125 Å². The topological polar surface area (TPSA) is 73.6 Å². The number of nitrogens with one attached hydrogen (secondary N) is 1. The van der Waals surface area contributed by atoms with Crippen LogP contribution in [0.4, 0.5) is 5.69 Å². The summed E-state index contributed by atoms with van der Waals surface area (Å²) >= 11 is 0. The Bertz CT molecular complexity index is 529. The molecule has 0 radical (unpaired) electrons. The molecule has 1 aliphatic heterocycles. The van der Waals surface area contributed by atoms with E-state index in [1.165, 1.54) is 0 Å². The maximum Gasteiger partial charge on any atom is 0.247 e. The highest BCUT2D eigenvalue weighted by atomic mass is 16.5. The Balaban J connectivity index is 2.27.